The number of allylic oxidation sites excluding steroid dienone is 2. The lowest BCUT2D eigenvalue weighted by atomic mass is 9.94. The molecule has 0 atom stereocenters. The van der Waals surface area contributed by atoms with Crippen LogP contribution in [0.4, 0.5) is 0 Å². The van der Waals surface area contributed by atoms with E-state index in [2.05, 4.69) is 10.3 Å². The Morgan fingerprint density at radius 1 is 1.27 bits per heavy atom. The Balaban J connectivity index is 2.62. The number of hydrogen-bond acceptors (Lipinski definition) is 4. The van der Waals surface area contributed by atoms with Crippen LogP contribution in [-0.4, -0.2) is 23.6 Å². The molecule has 0 fully saturated rings. The van der Waals surface area contributed by atoms with E-state index in [1.807, 2.05) is 0 Å². The third-order valence-corrected chi connectivity index (χ3v) is 2.34. The molecule has 0 aliphatic heterocycles. The number of nitrogens with zero attached hydrogens (tertiary/aromatic N) is 1. The first kappa shape index (κ1) is 9.58. The number of pyridine rings is 1. The zero-order valence-corrected chi connectivity index (χ0v) is 8.50. The van der Waals surface area contributed by atoms with Gasteiger partial charge in [-0.05, 0) is 13.0 Å². The van der Waals surface area contributed by atoms with Crippen molar-refractivity contribution in [1.29, 1.82) is 0 Å². The molecule has 0 spiro atoms. The second-order valence-electron chi connectivity index (χ2n) is 3.37. The van der Waals surface area contributed by atoms with E-state index >= 15 is 0 Å². The summed E-state index contributed by atoms with van der Waals surface area (Å²) in [6.07, 6.45) is 2.78. The van der Waals surface area contributed by atoms with Crippen LogP contribution in [0.3, 0.4) is 0 Å². The molecule has 0 radical (unpaired) electrons. The molecule has 76 valence electrons. The topological polar surface area (TPSA) is 59.1 Å². The molecular formula is C11H10N2O2. The first-order valence-electron chi connectivity index (χ1n) is 4.58. The zero-order chi connectivity index (χ0) is 11.0. The van der Waals surface area contributed by atoms with E-state index in [-0.39, 0.29) is 11.6 Å². The van der Waals surface area contributed by atoms with E-state index in [1.165, 1.54) is 12.3 Å². The van der Waals surface area contributed by atoms with Crippen LogP contribution in [0.15, 0.2) is 24.0 Å². The maximum atomic E-state index is 11.8. The fourth-order valence-electron chi connectivity index (χ4n) is 1.55. The summed E-state index contributed by atoms with van der Waals surface area (Å²) in [4.78, 5) is 27.5. The predicted octanol–water partition coefficient (Wildman–Crippen LogP) is 0.872. The largest absolute Gasteiger partial charge is 0.385 e. The predicted molar refractivity (Wildman–Crippen MR) is 54.8 cm³/mol. The molecule has 0 aromatic carbocycles. The standard InChI is InChI=1S/C11H10N2O2/c1-6-3-7-8(5-13-6)11(15)9(12-2)4-10(7)14/h3-5,12H,1-2H3. The van der Waals surface area contributed by atoms with E-state index in [0.717, 1.165) is 5.69 Å². The van der Waals surface area contributed by atoms with Gasteiger partial charge in [-0.3, -0.25) is 14.6 Å². The molecule has 1 aromatic heterocycles. The van der Waals surface area contributed by atoms with Crippen LogP contribution < -0.4 is 5.32 Å². The summed E-state index contributed by atoms with van der Waals surface area (Å²) < 4.78 is 0. The van der Waals surface area contributed by atoms with Crippen molar-refractivity contribution < 1.29 is 9.59 Å². The summed E-state index contributed by atoms with van der Waals surface area (Å²) in [5, 5.41) is 2.70. The number of ketones is 2. The van der Waals surface area contributed by atoms with Gasteiger partial charge in [0.05, 0.1) is 11.3 Å². The molecule has 2 rings (SSSR count). The lowest BCUT2D eigenvalue weighted by Gasteiger charge is -2.14. The third-order valence-electron chi connectivity index (χ3n) is 2.34. The molecule has 0 saturated heterocycles. The van der Waals surface area contributed by atoms with Crippen LogP contribution in [0.25, 0.3) is 0 Å². The van der Waals surface area contributed by atoms with Gasteiger partial charge in [0.25, 0.3) is 0 Å². The number of likely N-dealkylation sites (N-methyl/N-ethyl adjacent to an activating group) is 1. The van der Waals surface area contributed by atoms with Crippen LogP contribution >= 0.6 is 0 Å². The van der Waals surface area contributed by atoms with Gasteiger partial charge < -0.3 is 5.32 Å². The highest BCUT2D eigenvalue weighted by Gasteiger charge is 2.25. The van der Waals surface area contributed by atoms with Crippen LogP contribution in [0, 0.1) is 6.92 Å². The Labute approximate surface area is 87.0 Å². The smallest absolute Gasteiger partial charge is 0.211 e. The number of hydrogen-bond donors (Lipinski definition) is 1. The third kappa shape index (κ3) is 1.44. The van der Waals surface area contributed by atoms with E-state index in [4.69, 9.17) is 0 Å². The quantitative estimate of drug-likeness (QED) is 0.734. The van der Waals surface area contributed by atoms with E-state index in [1.54, 1.807) is 20.0 Å². The van der Waals surface area contributed by atoms with Crippen molar-refractivity contribution in [2.75, 3.05) is 7.05 Å². The fourth-order valence-corrected chi connectivity index (χ4v) is 1.55. The molecule has 1 N–H and O–H groups in total. The number of carbonyl (C=O) groups is 2. The molecule has 4 nitrogen and oxygen atoms in total. The van der Waals surface area contributed by atoms with Gasteiger partial charge in [-0.2, -0.15) is 0 Å². The van der Waals surface area contributed by atoms with Crippen molar-refractivity contribution in [3.8, 4) is 0 Å². The summed E-state index contributed by atoms with van der Waals surface area (Å²) in [5.74, 6) is -0.334. The molecular weight excluding hydrogens is 192 g/mol. The van der Waals surface area contributed by atoms with Gasteiger partial charge in [0.2, 0.25) is 5.78 Å². The van der Waals surface area contributed by atoms with Gasteiger partial charge in [0, 0.05) is 30.6 Å². The Morgan fingerprint density at radius 3 is 2.67 bits per heavy atom. The van der Waals surface area contributed by atoms with Gasteiger partial charge in [0.15, 0.2) is 5.78 Å². The van der Waals surface area contributed by atoms with Crippen molar-refractivity contribution in [3.63, 3.8) is 0 Å². The summed E-state index contributed by atoms with van der Waals surface area (Å²) in [6.45, 7) is 1.79. The highest BCUT2D eigenvalue weighted by Crippen LogP contribution is 2.19. The Kier molecular flexibility index (Phi) is 2.11. The van der Waals surface area contributed by atoms with Crippen molar-refractivity contribution in [3.05, 3.63) is 40.9 Å². The average Bonchev–Trinajstić information content (AvgIpc) is 2.23. The molecule has 0 saturated carbocycles. The molecule has 1 aliphatic rings. The minimum Gasteiger partial charge on any atom is -0.385 e. The monoisotopic (exact) mass is 202 g/mol. The van der Waals surface area contributed by atoms with E-state index in [0.29, 0.717) is 16.8 Å². The molecule has 0 amide bonds. The summed E-state index contributed by atoms with van der Waals surface area (Å²) in [7, 11) is 1.61. The maximum absolute atomic E-state index is 11.8. The number of Topliss-reactive ketones (excluding diaryl/α,β-unsaturated/α-hetero) is 1. The SMILES string of the molecule is CNC1=CC(=O)c2cc(C)ncc2C1=O. The van der Waals surface area contributed by atoms with Gasteiger partial charge in [-0.1, -0.05) is 0 Å². The fraction of sp³-hybridized carbons (Fsp3) is 0.182. The van der Waals surface area contributed by atoms with Gasteiger partial charge in [-0.15, -0.1) is 0 Å². The Morgan fingerprint density at radius 2 is 2.00 bits per heavy atom. The number of aryl methyl sites for hydroxylation is 1. The second kappa shape index (κ2) is 3.31. The van der Waals surface area contributed by atoms with E-state index < -0.39 is 0 Å². The molecule has 15 heavy (non-hydrogen) atoms. The average molecular weight is 202 g/mol. The first-order chi connectivity index (χ1) is 7.13. The summed E-state index contributed by atoms with van der Waals surface area (Å²) >= 11 is 0. The molecule has 1 aromatic rings. The summed E-state index contributed by atoms with van der Waals surface area (Å²) in [6, 6.07) is 1.64. The van der Waals surface area contributed by atoms with Crippen molar-refractivity contribution in [2.24, 2.45) is 0 Å². The number of rotatable bonds is 1. The van der Waals surface area contributed by atoms with Gasteiger partial charge in [-0.25, -0.2) is 0 Å². The molecule has 0 bridgehead atoms. The first-order valence-corrected chi connectivity index (χ1v) is 4.58. The Bertz CT molecular complexity index is 489. The number of nitrogens with one attached hydrogen (secondary N) is 1. The van der Waals surface area contributed by atoms with Crippen LogP contribution in [0.5, 0.6) is 0 Å². The van der Waals surface area contributed by atoms with Gasteiger partial charge in [0.1, 0.15) is 0 Å². The maximum Gasteiger partial charge on any atom is 0.211 e. The minimum atomic E-state index is -0.181. The van der Waals surface area contributed by atoms with Crippen LogP contribution in [-0.2, 0) is 0 Å². The Hall–Kier alpha value is -1.97. The van der Waals surface area contributed by atoms with Crippen molar-refractivity contribution in [2.45, 2.75) is 6.92 Å². The summed E-state index contributed by atoms with van der Waals surface area (Å²) in [5.41, 5.74) is 1.86. The minimum absolute atomic E-state index is 0.153. The van der Waals surface area contributed by atoms with Crippen molar-refractivity contribution >= 4 is 11.6 Å². The number of aromatic nitrogens is 1. The number of fused-ring (bicyclic) bond motifs is 1. The molecule has 1 aliphatic carbocycles. The lowest BCUT2D eigenvalue weighted by Crippen LogP contribution is -2.24. The highest BCUT2D eigenvalue weighted by molar-refractivity contribution is 6.24. The number of carbonyl (C=O) groups excluding carboxylic acids is 2. The normalized spacial score (nSPS) is 14.7. The highest BCUT2D eigenvalue weighted by atomic mass is 16.1. The zero-order valence-electron chi connectivity index (χ0n) is 8.50. The molecule has 4 heteroatoms. The lowest BCUT2D eigenvalue weighted by molar-refractivity contribution is 0.0979. The van der Waals surface area contributed by atoms with E-state index in [9.17, 15) is 9.59 Å². The molecule has 0 unspecified atom stereocenters. The molecule has 1 heterocycles. The second-order valence-corrected chi connectivity index (χ2v) is 3.37. The van der Waals surface area contributed by atoms with Gasteiger partial charge >= 0.3 is 0 Å². The van der Waals surface area contributed by atoms with Crippen LogP contribution in [0.1, 0.15) is 26.4 Å². The van der Waals surface area contributed by atoms with Crippen LogP contribution in [0.2, 0.25) is 0 Å². The van der Waals surface area contributed by atoms with Crippen molar-refractivity contribution in [1.82, 2.24) is 10.3 Å².